The van der Waals surface area contributed by atoms with Crippen molar-refractivity contribution < 1.29 is 14.4 Å². The van der Waals surface area contributed by atoms with Crippen molar-refractivity contribution >= 4 is 5.97 Å². The van der Waals surface area contributed by atoms with Crippen molar-refractivity contribution in [3.8, 4) is 5.75 Å². The van der Waals surface area contributed by atoms with E-state index in [-0.39, 0.29) is 12.5 Å². The third-order valence-corrected chi connectivity index (χ3v) is 3.88. The van der Waals surface area contributed by atoms with Crippen LogP contribution < -0.4 is 10.6 Å². The van der Waals surface area contributed by atoms with E-state index in [9.17, 15) is 4.79 Å². The predicted molar refractivity (Wildman–Crippen MR) is 94.5 cm³/mol. The summed E-state index contributed by atoms with van der Waals surface area (Å²) in [4.78, 5) is 15.7. The van der Waals surface area contributed by atoms with Crippen LogP contribution in [0.1, 0.15) is 43.7 Å². The van der Waals surface area contributed by atoms with Crippen molar-refractivity contribution in [2.45, 2.75) is 45.1 Å². The van der Waals surface area contributed by atoms with E-state index in [1.54, 1.807) is 0 Å². The van der Waals surface area contributed by atoms with E-state index in [1.807, 2.05) is 30.3 Å². The smallest absolute Gasteiger partial charge is 0.328 e. The van der Waals surface area contributed by atoms with Crippen molar-refractivity contribution in [2.75, 3.05) is 0 Å². The van der Waals surface area contributed by atoms with Gasteiger partial charge in [-0.15, -0.1) is 0 Å². The lowest BCUT2D eigenvalue weighted by molar-refractivity contribution is -0.146. The van der Waals surface area contributed by atoms with Gasteiger partial charge < -0.3 is 9.57 Å². The molecule has 1 unspecified atom stereocenters. The topological polar surface area (TPSA) is 61.5 Å². The van der Waals surface area contributed by atoms with Gasteiger partial charge in [-0.1, -0.05) is 62.2 Å². The van der Waals surface area contributed by atoms with Crippen LogP contribution in [-0.2, 0) is 16.1 Å². The van der Waals surface area contributed by atoms with Gasteiger partial charge in [0, 0.05) is 0 Å². The number of hydrogen-bond donors (Lipinski definition) is 1. The Morgan fingerprint density at radius 1 is 1.04 bits per heavy atom. The molecule has 0 aliphatic heterocycles. The number of rotatable bonds is 9. The first-order chi connectivity index (χ1) is 11.7. The zero-order valence-electron chi connectivity index (χ0n) is 14.1. The second kappa shape index (κ2) is 9.73. The fourth-order valence-corrected chi connectivity index (χ4v) is 2.58. The molecule has 4 heteroatoms. The van der Waals surface area contributed by atoms with Gasteiger partial charge in [-0.3, -0.25) is 4.79 Å². The fraction of sp³-hybridized carbons (Fsp3) is 0.350. The van der Waals surface area contributed by atoms with Crippen molar-refractivity contribution in [1.82, 2.24) is 0 Å². The maximum Gasteiger partial charge on any atom is 0.328 e. The van der Waals surface area contributed by atoms with Crippen LogP contribution in [0.15, 0.2) is 54.6 Å². The van der Waals surface area contributed by atoms with E-state index in [2.05, 4.69) is 36.0 Å². The van der Waals surface area contributed by atoms with Gasteiger partial charge in [0.05, 0.1) is 6.42 Å². The first-order valence-corrected chi connectivity index (χ1v) is 8.40. The summed E-state index contributed by atoms with van der Waals surface area (Å²) in [6.45, 7) is 2.11. The second-order valence-electron chi connectivity index (χ2n) is 5.88. The van der Waals surface area contributed by atoms with Gasteiger partial charge in [0.2, 0.25) is 0 Å². The SMILES string of the molecule is CCCCC(CC(=O)ON)Oc1ccc(Cc2ccccc2)cc1. The summed E-state index contributed by atoms with van der Waals surface area (Å²) in [6, 6.07) is 18.3. The normalized spacial score (nSPS) is 11.8. The lowest BCUT2D eigenvalue weighted by Crippen LogP contribution is -2.23. The maximum atomic E-state index is 11.4. The van der Waals surface area contributed by atoms with Crippen molar-refractivity contribution in [2.24, 2.45) is 5.90 Å². The molecule has 0 saturated carbocycles. The number of hydrogen-bond acceptors (Lipinski definition) is 4. The molecule has 2 aromatic carbocycles. The molecule has 0 aliphatic carbocycles. The zero-order valence-corrected chi connectivity index (χ0v) is 14.1. The summed E-state index contributed by atoms with van der Waals surface area (Å²) in [7, 11) is 0. The minimum absolute atomic E-state index is 0.169. The molecule has 0 fully saturated rings. The van der Waals surface area contributed by atoms with Crippen LogP contribution in [0, 0.1) is 0 Å². The molecule has 1 atom stereocenters. The molecule has 2 aromatic rings. The van der Waals surface area contributed by atoms with Crippen molar-refractivity contribution in [3.05, 3.63) is 65.7 Å². The standard InChI is InChI=1S/C20H25NO3/c1-2-3-9-19(15-20(22)24-21)23-18-12-10-17(11-13-18)14-16-7-5-4-6-8-16/h4-8,10-13,19H,2-3,9,14-15,21H2,1H3. The lowest BCUT2D eigenvalue weighted by atomic mass is 10.1. The molecule has 0 aliphatic rings. The molecule has 0 radical (unpaired) electrons. The maximum absolute atomic E-state index is 11.4. The molecule has 0 spiro atoms. The lowest BCUT2D eigenvalue weighted by Gasteiger charge is -2.18. The number of carbonyl (C=O) groups is 1. The third kappa shape index (κ3) is 6.05. The van der Waals surface area contributed by atoms with E-state index in [0.29, 0.717) is 0 Å². The molecule has 4 nitrogen and oxygen atoms in total. The van der Waals surface area contributed by atoms with Crippen LogP contribution in [0.3, 0.4) is 0 Å². The van der Waals surface area contributed by atoms with Crippen LogP contribution in [-0.4, -0.2) is 12.1 Å². The Morgan fingerprint density at radius 2 is 1.71 bits per heavy atom. The molecule has 0 amide bonds. The van der Waals surface area contributed by atoms with Gasteiger partial charge >= 0.3 is 5.97 Å². The fourth-order valence-electron chi connectivity index (χ4n) is 2.58. The highest BCUT2D eigenvalue weighted by atomic mass is 16.7. The number of benzene rings is 2. The van der Waals surface area contributed by atoms with Crippen LogP contribution in [0.5, 0.6) is 5.75 Å². The van der Waals surface area contributed by atoms with Crippen LogP contribution >= 0.6 is 0 Å². The second-order valence-corrected chi connectivity index (χ2v) is 5.88. The van der Waals surface area contributed by atoms with Gasteiger partial charge in [-0.2, -0.15) is 5.90 Å². The van der Waals surface area contributed by atoms with Crippen molar-refractivity contribution in [3.63, 3.8) is 0 Å². The molecule has 2 N–H and O–H groups in total. The molecular weight excluding hydrogens is 302 g/mol. The highest BCUT2D eigenvalue weighted by Crippen LogP contribution is 2.19. The van der Waals surface area contributed by atoms with E-state index >= 15 is 0 Å². The van der Waals surface area contributed by atoms with E-state index in [1.165, 1.54) is 11.1 Å². The molecule has 0 heterocycles. The Hall–Kier alpha value is -2.33. The molecule has 2 rings (SSSR count). The monoisotopic (exact) mass is 327 g/mol. The Labute approximate surface area is 143 Å². The van der Waals surface area contributed by atoms with Gasteiger partial charge in [0.25, 0.3) is 0 Å². The van der Waals surface area contributed by atoms with E-state index < -0.39 is 5.97 Å². The summed E-state index contributed by atoms with van der Waals surface area (Å²) in [5, 5.41) is 0. The molecular formula is C20H25NO3. The van der Waals surface area contributed by atoms with Gasteiger partial charge in [0.15, 0.2) is 0 Å². The van der Waals surface area contributed by atoms with Crippen LogP contribution in [0.25, 0.3) is 0 Å². The third-order valence-electron chi connectivity index (χ3n) is 3.88. The minimum Gasteiger partial charge on any atom is -0.490 e. The number of nitrogens with two attached hydrogens (primary N) is 1. The van der Waals surface area contributed by atoms with E-state index in [0.717, 1.165) is 31.4 Å². The molecule has 0 bridgehead atoms. The highest BCUT2D eigenvalue weighted by molar-refractivity contribution is 5.69. The van der Waals surface area contributed by atoms with E-state index in [4.69, 9.17) is 10.6 Å². The Balaban J connectivity index is 1.96. The quantitative estimate of drug-likeness (QED) is 0.707. The minimum atomic E-state index is -0.447. The number of unbranched alkanes of at least 4 members (excludes halogenated alkanes) is 1. The number of ether oxygens (including phenoxy) is 1. The molecule has 24 heavy (non-hydrogen) atoms. The Kier molecular flexibility index (Phi) is 7.30. The van der Waals surface area contributed by atoms with Crippen molar-refractivity contribution in [1.29, 1.82) is 0 Å². The summed E-state index contributed by atoms with van der Waals surface area (Å²) in [5.74, 6) is 5.24. The summed E-state index contributed by atoms with van der Waals surface area (Å²) in [6.07, 6.45) is 3.70. The largest absolute Gasteiger partial charge is 0.490 e. The summed E-state index contributed by atoms with van der Waals surface area (Å²) < 4.78 is 5.94. The average Bonchev–Trinajstić information content (AvgIpc) is 2.62. The first-order valence-electron chi connectivity index (χ1n) is 8.40. The van der Waals surface area contributed by atoms with Gasteiger partial charge in [0.1, 0.15) is 11.9 Å². The first kappa shape index (κ1) is 18.0. The number of carbonyl (C=O) groups excluding carboxylic acids is 1. The van der Waals surface area contributed by atoms with Gasteiger partial charge in [-0.05, 0) is 36.1 Å². The van der Waals surface area contributed by atoms with Gasteiger partial charge in [-0.25, -0.2) is 0 Å². The highest BCUT2D eigenvalue weighted by Gasteiger charge is 2.16. The Bertz CT molecular complexity index is 611. The Morgan fingerprint density at radius 3 is 2.33 bits per heavy atom. The average molecular weight is 327 g/mol. The zero-order chi connectivity index (χ0) is 17.2. The van der Waals surface area contributed by atoms with Crippen LogP contribution in [0.2, 0.25) is 0 Å². The molecule has 128 valence electrons. The summed E-state index contributed by atoms with van der Waals surface area (Å²) in [5.41, 5.74) is 2.50. The predicted octanol–water partition coefficient (Wildman–Crippen LogP) is 4.02. The van der Waals surface area contributed by atoms with Crippen LogP contribution in [0.4, 0.5) is 0 Å². The molecule has 0 saturated heterocycles. The summed E-state index contributed by atoms with van der Waals surface area (Å²) >= 11 is 0. The molecule has 0 aromatic heterocycles.